The van der Waals surface area contributed by atoms with E-state index in [1.807, 2.05) is 0 Å². The topological polar surface area (TPSA) is 237 Å². The summed E-state index contributed by atoms with van der Waals surface area (Å²) < 4.78 is 68.7. The average Bonchev–Trinajstić information content (AvgIpc) is 0.911. The fourth-order valence-electron chi connectivity index (χ4n) is 12.5. The number of esters is 4. The summed E-state index contributed by atoms with van der Waals surface area (Å²) in [5.74, 6) is -0.501. The van der Waals surface area contributed by atoms with Crippen LogP contribution in [0.5, 0.6) is 0 Å². The van der Waals surface area contributed by atoms with E-state index in [1.165, 1.54) is 238 Å². The molecular weight excluding hydrogens is 1310 g/mol. The fraction of sp³-hybridized carbons (Fsp3) is 0.951. The van der Waals surface area contributed by atoms with Gasteiger partial charge in [0.1, 0.15) is 19.3 Å². The Morgan fingerprint density at radius 3 is 0.680 bits per heavy atom. The second-order valence-electron chi connectivity index (χ2n) is 30.1. The van der Waals surface area contributed by atoms with Crippen LogP contribution in [-0.2, 0) is 65.4 Å². The highest BCUT2D eigenvalue weighted by molar-refractivity contribution is 7.47. The summed E-state index contributed by atoms with van der Waals surface area (Å²) in [5.41, 5.74) is 0. The molecule has 594 valence electrons. The molecule has 0 saturated carbocycles. The molecule has 100 heavy (non-hydrogen) atoms. The quantitative estimate of drug-likeness (QED) is 0.0222. The number of phosphoric acid groups is 2. The molecule has 0 aromatic heterocycles. The maximum Gasteiger partial charge on any atom is 0.472 e. The number of aliphatic hydroxyl groups excluding tert-OH is 1. The molecule has 0 aromatic carbocycles. The lowest BCUT2D eigenvalue weighted by molar-refractivity contribution is -0.161. The van der Waals surface area contributed by atoms with E-state index in [-0.39, 0.29) is 25.7 Å². The first-order chi connectivity index (χ1) is 48.4. The van der Waals surface area contributed by atoms with Gasteiger partial charge in [0.15, 0.2) is 12.2 Å². The number of carbonyl (C=O) groups is 4. The number of phosphoric ester groups is 2. The Balaban J connectivity index is 5.20. The van der Waals surface area contributed by atoms with E-state index >= 15 is 0 Å². The molecule has 0 aromatic rings. The van der Waals surface area contributed by atoms with Crippen LogP contribution >= 0.6 is 15.6 Å². The maximum atomic E-state index is 13.1. The number of aliphatic hydroxyl groups is 1. The molecule has 0 radical (unpaired) electrons. The monoisotopic (exact) mass is 1470 g/mol. The van der Waals surface area contributed by atoms with Crippen LogP contribution < -0.4 is 0 Å². The predicted octanol–water partition coefficient (Wildman–Crippen LogP) is 24.3. The number of carbonyl (C=O) groups excluding carboxylic acids is 4. The molecule has 0 spiro atoms. The highest BCUT2D eigenvalue weighted by Crippen LogP contribution is 2.45. The molecule has 3 N–H and O–H groups in total. The van der Waals surface area contributed by atoms with Gasteiger partial charge in [0, 0.05) is 25.7 Å². The molecule has 0 aliphatic carbocycles. The van der Waals surface area contributed by atoms with Gasteiger partial charge in [-0.05, 0) is 37.5 Å². The second kappa shape index (κ2) is 72.6. The van der Waals surface area contributed by atoms with Crippen LogP contribution in [0.4, 0.5) is 0 Å². The molecule has 0 saturated heterocycles. The molecule has 0 amide bonds. The van der Waals surface area contributed by atoms with Crippen molar-refractivity contribution in [2.45, 2.75) is 445 Å². The van der Waals surface area contributed by atoms with Crippen molar-refractivity contribution in [3.05, 3.63) is 0 Å². The number of unbranched alkanes of at least 4 members (excludes halogenated alkanes) is 50. The lowest BCUT2D eigenvalue weighted by Gasteiger charge is -2.21. The van der Waals surface area contributed by atoms with Gasteiger partial charge in [-0.2, -0.15) is 0 Å². The van der Waals surface area contributed by atoms with Gasteiger partial charge in [-0.1, -0.05) is 375 Å². The first kappa shape index (κ1) is 98.1. The molecular formula is C81H158O17P2. The molecule has 0 aliphatic heterocycles. The molecule has 0 bridgehead atoms. The van der Waals surface area contributed by atoms with Crippen LogP contribution in [0, 0.1) is 11.8 Å². The molecule has 0 fully saturated rings. The van der Waals surface area contributed by atoms with Crippen LogP contribution in [0.25, 0.3) is 0 Å². The van der Waals surface area contributed by atoms with Crippen LogP contribution in [0.1, 0.15) is 427 Å². The van der Waals surface area contributed by atoms with E-state index in [0.29, 0.717) is 25.7 Å². The van der Waals surface area contributed by atoms with E-state index < -0.39 is 97.5 Å². The number of hydrogen-bond acceptors (Lipinski definition) is 15. The zero-order valence-corrected chi connectivity index (χ0v) is 67.3. The molecule has 0 rings (SSSR count). The lowest BCUT2D eigenvalue weighted by atomic mass is 10.0. The third-order valence-corrected chi connectivity index (χ3v) is 20.9. The molecule has 0 aliphatic rings. The van der Waals surface area contributed by atoms with Gasteiger partial charge in [0.05, 0.1) is 26.4 Å². The molecule has 2 unspecified atom stereocenters. The van der Waals surface area contributed by atoms with Gasteiger partial charge in [-0.25, -0.2) is 9.13 Å². The largest absolute Gasteiger partial charge is 0.472 e. The van der Waals surface area contributed by atoms with Crippen LogP contribution in [0.2, 0.25) is 0 Å². The van der Waals surface area contributed by atoms with Crippen molar-refractivity contribution < 1.29 is 80.2 Å². The van der Waals surface area contributed by atoms with E-state index in [4.69, 9.17) is 37.0 Å². The summed E-state index contributed by atoms with van der Waals surface area (Å²) in [6, 6.07) is 0. The van der Waals surface area contributed by atoms with E-state index in [1.54, 1.807) is 0 Å². The molecule has 0 heterocycles. The third-order valence-electron chi connectivity index (χ3n) is 19.0. The molecule has 17 nitrogen and oxygen atoms in total. The smallest absolute Gasteiger partial charge is 0.462 e. The number of rotatable bonds is 80. The minimum absolute atomic E-state index is 0.108. The van der Waals surface area contributed by atoms with Crippen molar-refractivity contribution >= 4 is 39.5 Å². The Kier molecular flexibility index (Phi) is 71.2. The average molecular weight is 1470 g/mol. The van der Waals surface area contributed by atoms with E-state index in [2.05, 4.69) is 41.5 Å². The lowest BCUT2D eigenvalue weighted by Crippen LogP contribution is -2.30. The van der Waals surface area contributed by atoms with Gasteiger partial charge < -0.3 is 33.8 Å². The Bertz CT molecular complexity index is 1920. The molecule has 19 heteroatoms. The second-order valence-corrected chi connectivity index (χ2v) is 33.0. The highest BCUT2D eigenvalue weighted by Gasteiger charge is 2.30. The Morgan fingerprint density at radius 2 is 0.460 bits per heavy atom. The maximum absolute atomic E-state index is 13.1. The van der Waals surface area contributed by atoms with Crippen molar-refractivity contribution in [2.75, 3.05) is 39.6 Å². The van der Waals surface area contributed by atoms with Crippen molar-refractivity contribution in [1.82, 2.24) is 0 Å². The Labute approximate surface area is 613 Å². The van der Waals surface area contributed by atoms with Gasteiger partial charge in [-0.3, -0.25) is 37.3 Å². The van der Waals surface area contributed by atoms with E-state index in [9.17, 15) is 43.2 Å². The zero-order valence-electron chi connectivity index (χ0n) is 65.5. The van der Waals surface area contributed by atoms with Gasteiger partial charge in [0.25, 0.3) is 0 Å². The van der Waals surface area contributed by atoms with Gasteiger partial charge in [-0.15, -0.1) is 0 Å². The fourth-order valence-corrected chi connectivity index (χ4v) is 14.1. The number of ether oxygens (including phenoxy) is 4. The summed E-state index contributed by atoms with van der Waals surface area (Å²) in [4.78, 5) is 72.9. The van der Waals surface area contributed by atoms with Crippen molar-refractivity contribution in [3.8, 4) is 0 Å². The highest BCUT2D eigenvalue weighted by atomic mass is 31.2. The van der Waals surface area contributed by atoms with Gasteiger partial charge >= 0.3 is 39.5 Å². The summed E-state index contributed by atoms with van der Waals surface area (Å²) in [6.45, 7) is 9.67. The first-order valence-electron chi connectivity index (χ1n) is 42.0. The van der Waals surface area contributed by atoms with Crippen LogP contribution in [-0.4, -0.2) is 96.7 Å². The standard InChI is InChI=1S/C81H158O17P2/c1-7-9-11-13-15-17-18-19-20-25-31-36-41-47-53-59-65-80(85)97-76(69-91-78(83)63-57-51-45-16-14-12-10-8-2)71-95-99(87,88)93-67-75(82)68-94-100(89,90)96-72-77(98-81(86)66-60-54-48-42-37-32-27-22-24-29-34-39-44-50-56-62-74(5)6)70-92-79(84)64-58-52-46-40-35-30-26-21-23-28-33-38-43-49-55-61-73(3)4/h73-77,82H,7-72H2,1-6H3,(H,87,88)(H,89,90)/t75-,76+,77+/m0/s1. The van der Waals surface area contributed by atoms with Crippen molar-refractivity contribution in [2.24, 2.45) is 11.8 Å². The minimum Gasteiger partial charge on any atom is -0.462 e. The minimum atomic E-state index is -4.96. The summed E-state index contributed by atoms with van der Waals surface area (Å²) in [7, 11) is -9.92. The van der Waals surface area contributed by atoms with E-state index in [0.717, 1.165) is 108 Å². The molecule has 5 atom stereocenters. The summed E-state index contributed by atoms with van der Waals surface area (Å²) in [5, 5.41) is 10.6. The summed E-state index contributed by atoms with van der Waals surface area (Å²) in [6.07, 6.45) is 62.4. The predicted molar refractivity (Wildman–Crippen MR) is 409 cm³/mol. The third kappa shape index (κ3) is 74.3. The SMILES string of the molecule is CCCCCCCCCCCCCCCCCCC(=O)O[C@H](COC(=O)CCCCCCCCCC)COP(=O)(O)OC[C@H](O)COP(=O)(O)OC[C@@H](COC(=O)CCCCCCCCCCCCCCCCCC(C)C)OC(=O)CCCCCCCCCCCCCCCCCC(C)C. The summed E-state index contributed by atoms with van der Waals surface area (Å²) >= 11 is 0. The van der Waals surface area contributed by atoms with Crippen molar-refractivity contribution in [1.29, 1.82) is 0 Å². The zero-order chi connectivity index (χ0) is 73.5. The normalized spacial score (nSPS) is 13.9. The number of hydrogen-bond donors (Lipinski definition) is 3. The van der Waals surface area contributed by atoms with Gasteiger partial charge in [0.2, 0.25) is 0 Å². The van der Waals surface area contributed by atoms with Crippen molar-refractivity contribution in [3.63, 3.8) is 0 Å². The Hall–Kier alpha value is -1.94. The first-order valence-corrected chi connectivity index (χ1v) is 45.0. The van der Waals surface area contributed by atoms with Crippen LogP contribution in [0.3, 0.4) is 0 Å². The Morgan fingerprint density at radius 1 is 0.270 bits per heavy atom. The van der Waals surface area contributed by atoms with Crippen LogP contribution in [0.15, 0.2) is 0 Å².